The number of thioether (sulfide) groups is 1. The summed E-state index contributed by atoms with van der Waals surface area (Å²) < 4.78 is 0. The first-order valence-corrected chi connectivity index (χ1v) is 9.19. The van der Waals surface area contributed by atoms with Gasteiger partial charge in [0.1, 0.15) is 0 Å². The third-order valence-electron chi connectivity index (χ3n) is 3.94. The zero-order chi connectivity index (χ0) is 17.8. The molecule has 0 spiro atoms. The third-order valence-corrected chi connectivity index (χ3v) is 5.26. The zero-order valence-electron chi connectivity index (χ0n) is 14.0. The Balaban J connectivity index is 1.79. The quantitative estimate of drug-likeness (QED) is 0.586. The summed E-state index contributed by atoms with van der Waals surface area (Å²) in [6.07, 6.45) is 1.66. The van der Waals surface area contributed by atoms with Crippen LogP contribution in [0.2, 0.25) is 5.02 Å². The van der Waals surface area contributed by atoms with Crippen LogP contribution in [0.1, 0.15) is 23.6 Å². The van der Waals surface area contributed by atoms with Crippen LogP contribution in [0.3, 0.4) is 0 Å². The van der Waals surface area contributed by atoms with Gasteiger partial charge in [0.2, 0.25) is 5.91 Å². The summed E-state index contributed by atoms with van der Waals surface area (Å²) in [7, 11) is 0. The Morgan fingerprint density at radius 1 is 1.20 bits per heavy atom. The normalized spacial score (nSPS) is 19.3. The van der Waals surface area contributed by atoms with Gasteiger partial charge in [0, 0.05) is 5.02 Å². The van der Waals surface area contributed by atoms with Crippen molar-refractivity contribution in [3.63, 3.8) is 0 Å². The van der Waals surface area contributed by atoms with E-state index in [1.54, 1.807) is 23.2 Å². The van der Waals surface area contributed by atoms with Crippen LogP contribution in [0.5, 0.6) is 0 Å². The molecule has 1 heterocycles. The fraction of sp³-hybridized carbons (Fsp3) is 0.211. The maximum atomic E-state index is 12.5. The molecule has 1 saturated heterocycles. The molecule has 1 aliphatic rings. The van der Waals surface area contributed by atoms with Crippen LogP contribution >= 0.6 is 23.4 Å². The molecule has 0 aromatic heterocycles. The average molecular weight is 372 g/mol. The van der Waals surface area contributed by atoms with Gasteiger partial charge in [0.15, 0.2) is 5.17 Å². The highest BCUT2D eigenvalue weighted by molar-refractivity contribution is 8.15. The number of aryl methyl sites for hydroxylation is 1. The number of carbonyl (C=O) groups excluding carboxylic acids is 1. The van der Waals surface area contributed by atoms with E-state index >= 15 is 0 Å². The van der Waals surface area contributed by atoms with E-state index in [9.17, 15) is 4.79 Å². The largest absolute Gasteiger partial charge is 0.284 e. The van der Waals surface area contributed by atoms with Gasteiger partial charge >= 0.3 is 0 Å². The molecule has 1 aliphatic heterocycles. The number of amides is 1. The van der Waals surface area contributed by atoms with Gasteiger partial charge in [-0.1, -0.05) is 59.8 Å². The van der Waals surface area contributed by atoms with E-state index in [4.69, 9.17) is 11.6 Å². The summed E-state index contributed by atoms with van der Waals surface area (Å²) in [5.74, 6) is 0.0636. The van der Waals surface area contributed by atoms with Crippen molar-refractivity contribution in [1.82, 2.24) is 4.90 Å². The van der Waals surface area contributed by atoms with Gasteiger partial charge in [-0.15, -0.1) is 5.10 Å². The van der Waals surface area contributed by atoms with E-state index in [2.05, 4.69) is 10.2 Å². The second-order valence-corrected chi connectivity index (χ2v) is 7.53. The monoisotopic (exact) mass is 371 g/mol. The van der Waals surface area contributed by atoms with Gasteiger partial charge < -0.3 is 0 Å². The Kier molecular flexibility index (Phi) is 5.56. The second kappa shape index (κ2) is 7.85. The van der Waals surface area contributed by atoms with E-state index in [1.165, 1.54) is 11.8 Å². The van der Waals surface area contributed by atoms with Crippen LogP contribution in [0.25, 0.3) is 0 Å². The molecule has 4 nitrogen and oxygen atoms in total. The number of amidine groups is 1. The average Bonchev–Trinajstić information content (AvgIpc) is 2.86. The second-order valence-electron chi connectivity index (χ2n) is 5.79. The van der Waals surface area contributed by atoms with Gasteiger partial charge in [-0.2, -0.15) is 5.10 Å². The van der Waals surface area contributed by atoms with Gasteiger partial charge in [0.05, 0.1) is 18.0 Å². The van der Waals surface area contributed by atoms with Crippen molar-refractivity contribution in [2.75, 3.05) is 0 Å². The Morgan fingerprint density at radius 3 is 2.64 bits per heavy atom. The predicted octanol–water partition coefficient (Wildman–Crippen LogP) is 4.50. The molecule has 0 aliphatic carbocycles. The minimum absolute atomic E-state index is 0.0636. The van der Waals surface area contributed by atoms with E-state index in [-0.39, 0.29) is 11.2 Å². The van der Waals surface area contributed by atoms with Crippen LogP contribution in [0.4, 0.5) is 0 Å². The number of carbonyl (C=O) groups is 1. The SMILES string of the molecule is Cc1ccccc1CN1C(=O)C(C)S/C1=N\N=C\c1ccc(Cl)cc1. The Hall–Kier alpha value is -2.11. The minimum atomic E-state index is -0.145. The predicted molar refractivity (Wildman–Crippen MR) is 105 cm³/mol. The molecule has 1 atom stereocenters. The van der Waals surface area contributed by atoms with Gasteiger partial charge in [-0.05, 0) is 42.7 Å². The van der Waals surface area contributed by atoms with Crippen LogP contribution < -0.4 is 0 Å². The maximum Gasteiger partial charge on any atom is 0.242 e. The Labute approximate surface area is 156 Å². The molecule has 0 radical (unpaired) electrons. The molecule has 128 valence electrons. The lowest BCUT2D eigenvalue weighted by Crippen LogP contribution is -2.31. The standard InChI is InChI=1S/C19H18ClN3OS/c1-13-5-3-4-6-16(13)12-23-18(24)14(2)25-19(23)22-21-11-15-7-9-17(20)10-8-15/h3-11,14H,12H2,1-2H3/b21-11+,22-19-. The first-order valence-electron chi connectivity index (χ1n) is 7.94. The lowest BCUT2D eigenvalue weighted by molar-refractivity contribution is -0.126. The smallest absolute Gasteiger partial charge is 0.242 e. The molecular weight excluding hydrogens is 354 g/mol. The molecule has 1 unspecified atom stereocenters. The molecule has 1 amide bonds. The van der Waals surface area contributed by atoms with Crippen molar-refractivity contribution in [1.29, 1.82) is 0 Å². The number of hydrogen-bond donors (Lipinski definition) is 0. The number of benzene rings is 2. The highest BCUT2D eigenvalue weighted by atomic mass is 35.5. The molecule has 25 heavy (non-hydrogen) atoms. The van der Waals surface area contributed by atoms with E-state index in [0.717, 1.165) is 16.7 Å². The highest BCUT2D eigenvalue weighted by Gasteiger charge is 2.35. The lowest BCUT2D eigenvalue weighted by atomic mass is 10.1. The minimum Gasteiger partial charge on any atom is -0.284 e. The maximum absolute atomic E-state index is 12.5. The molecule has 2 aromatic rings. The highest BCUT2D eigenvalue weighted by Crippen LogP contribution is 2.29. The molecule has 2 aromatic carbocycles. The topological polar surface area (TPSA) is 45.0 Å². The Morgan fingerprint density at radius 2 is 1.92 bits per heavy atom. The van der Waals surface area contributed by atoms with Crippen molar-refractivity contribution >= 4 is 40.7 Å². The molecule has 0 saturated carbocycles. The number of hydrogen-bond acceptors (Lipinski definition) is 4. The summed E-state index contributed by atoms with van der Waals surface area (Å²) in [5, 5.41) is 9.58. The molecule has 0 N–H and O–H groups in total. The number of halogens is 1. The molecule has 3 rings (SSSR count). The van der Waals surface area contributed by atoms with Crippen molar-refractivity contribution < 1.29 is 4.79 Å². The fourth-order valence-corrected chi connectivity index (χ4v) is 3.51. The van der Waals surface area contributed by atoms with Crippen LogP contribution in [0, 0.1) is 6.92 Å². The first kappa shape index (κ1) is 17.7. The zero-order valence-corrected chi connectivity index (χ0v) is 15.6. The summed E-state index contributed by atoms with van der Waals surface area (Å²) in [6, 6.07) is 15.4. The third kappa shape index (κ3) is 4.30. The summed E-state index contributed by atoms with van der Waals surface area (Å²) >= 11 is 7.31. The van der Waals surface area contributed by atoms with Crippen molar-refractivity contribution in [2.24, 2.45) is 10.2 Å². The van der Waals surface area contributed by atoms with Gasteiger partial charge in [0.25, 0.3) is 0 Å². The van der Waals surface area contributed by atoms with Crippen molar-refractivity contribution in [2.45, 2.75) is 25.6 Å². The van der Waals surface area contributed by atoms with Crippen LogP contribution in [0.15, 0.2) is 58.7 Å². The first-order chi connectivity index (χ1) is 12.0. The molecular formula is C19H18ClN3OS. The van der Waals surface area contributed by atoms with Crippen molar-refractivity contribution in [3.8, 4) is 0 Å². The summed E-state index contributed by atoms with van der Waals surface area (Å²) in [4.78, 5) is 14.2. The molecule has 0 bridgehead atoms. The van der Waals surface area contributed by atoms with Gasteiger partial charge in [-0.25, -0.2) is 0 Å². The van der Waals surface area contributed by atoms with Gasteiger partial charge in [-0.3, -0.25) is 9.69 Å². The fourth-order valence-electron chi connectivity index (χ4n) is 2.46. The Bertz CT molecular complexity index is 833. The molecule has 6 heteroatoms. The van der Waals surface area contributed by atoms with Crippen LogP contribution in [-0.4, -0.2) is 27.4 Å². The van der Waals surface area contributed by atoms with E-state index < -0.39 is 0 Å². The summed E-state index contributed by atoms with van der Waals surface area (Å²) in [5.41, 5.74) is 3.17. The summed E-state index contributed by atoms with van der Waals surface area (Å²) in [6.45, 7) is 4.45. The van der Waals surface area contributed by atoms with Crippen LogP contribution in [-0.2, 0) is 11.3 Å². The number of rotatable bonds is 4. The van der Waals surface area contributed by atoms with E-state index in [1.807, 2.05) is 50.2 Å². The number of nitrogens with zero attached hydrogens (tertiary/aromatic N) is 3. The van der Waals surface area contributed by atoms with Crippen molar-refractivity contribution in [3.05, 3.63) is 70.2 Å². The molecule has 1 fully saturated rings. The lowest BCUT2D eigenvalue weighted by Gasteiger charge is -2.16. The van der Waals surface area contributed by atoms with E-state index in [0.29, 0.717) is 16.7 Å².